The number of carbonyl (C=O) groups is 1. The number of rotatable bonds is 5. The molecular weight excluding hydrogens is 374 g/mol. The van der Waals surface area contributed by atoms with E-state index in [9.17, 15) is 4.79 Å². The van der Waals surface area contributed by atoms with E-state index in [0.717, 1.165) is 28.3 Å². The molecule has 1 amide bonds. The minimum Gasteiger partial charge on any atom is -0.346 e. The lowest BCUT2D eigenvalue weighted by Gasteiger charge is -2.07. The van der Waals surface area contributed by atoms with Gasteiger partial charge in [0.2, 0.25) is 0 Å². The van der Waals surface area contributed by atoms with Gasteiger partial charge >= 0.3 is 0 Å². The van der Waals surface area contributed by atoms with Crippen molar-refractivity contribution in [2.24, 2.45) is 0 Å². The maximum absolute atomic E-state index is 12.4. The van der Waals surface area contributed by atoms with Crippen LogP contribution >= 0.6 is 11.6 Å². The lowest BCUT2D eigenvalue weighted by molar-refractivity contribution is 0.0950. The van der Waals surface area contributed by atoms with Crippen LogP contribution in [0.1, 0.15) is 33.0 Å². The Kier molecular flexibility index (Phi) is 4.88. The summed E-state index contributed by atoms with van der Waals surface area (Å²) in [5.74, 6) is -0.132. The minimum atomic E-state index is -0.132. The van der Waals surface area contributed by atoms with E-state index in [-0.39, 0.29) is 5.91 Å². The number of halogens is 1. The highest BCUT2D eigenvalue weighted by Gasteiger charge is 2.08. The van der Waals surface area contributed by atoms with E-state index in [1.807, 2.05) is 59.5 Å². The van der Waals surface area contributed by atoms with Gasteiger partial charge in [0.1, 0.15) is 5.65 Å². The van der Waals surface area contributed by atoms with E-state index in [0.29, 0.717) is 23.7 Å². The summed E-state index contributed by atoms with van der Waals surface area (Å²) in [5, 5.41) is 8.02. The molecule has 0 radical (unpaired) electrons. The standard InChI is InChI=1S/C21H20ClN5O/c1-14-9-15(2)27(25-14)11-16-3-5-17(6-4-16)21(28)23-10-19-13-26-12-18(22)7-8-20(26)24-19/h3-9,12-13H,10-11H2,1-2H3,(H,23,28). The minimum absolute atomic E-state index is 0.132. The molecule has 3 aromatic heterocycles. The van der Waals surface area contributed by atoms with Crippen LogP contribution in [0, 0.1) is 13.8 Å². The topological polar surface area (TPSA) is 64.2 Å². The third kappa shape index (κ3) is 3.92. The molecule has 4 rings (SSSR count). The monoisotopic (exact) mass is 393 g/mol. The van der Waals surface area contributed by atoms with Crippen LogP contribution in [0.5, 0.6) is 0 Å². The number of nitrogens with one attached hydrogen (secondary N) is 1. The van der Waals surface area contributed by atoms with Crippen LogP contribution in [-0.4, -0.2) is 25.1 Å². The van der Waals surface area contributed by atoms with Crippen molar-refractivity contribution in [2.45, 2.75) is 26.9 Å². The average Bonchev–Trinajstić information content (AvgIpc) is 3.21. The predicted molar refractivity (Wildman–Crippen MR) is 109 cm³/mol. The van der Waals surface area contributed by atoms with Crippen LogP contribution in [-0.2, 0) is 13.1 Å². The van der Waals surface area contributed by atoms with Crippen molar-refractivity contribution in [2.75, 3.05) is 0 Å². The zero-order chi connectivity index (χ0) is 19.7. The van der Waals surface area contributed by atoms with Crippen LogP contribution in [0.3, 0.4) is 0 Å². The quantitative estimate of drug-likeness (QED) is 0.561. The Labute approximate surface area is 167 Å². The third-order valence-corrected chi connectivity index (χ3v) is 4.77. The molecule has 0 aliphatic rings. The first-order valence-corrected chi connectivity index (χ1v) is 9.37. The van der Waals surface area contributed by atoms with Crippen molar-refractivity contribution in [3.05, 3.63) is 88.1 Å². The molecule has 0 spiro atoms. The fourth-order valence-corrected chi connectivity index (χ4v) is 3.31. The second-order valence-corrected chi connectivity index (χ2v) is 7.25. The van der Waals surface area contributed by atoms with Gasteiger partial charge in [-0.2, -0.15) is 5.10 Å². The van der Waals surface area contributed by atoms with E-state index < -0.39 is 0 Å². The Morgan fingerprint density at radius 1 is 1.11 bits per heavy atom. The normalized spacial score (nSPS) is 11.1. The second-order valence-electron chi connectivity index (χ2n) is 6.81. The molecule has 0 saturated carbocycles. The largest absolute Gasteiger partial charge is 0.346 e. The maximum Gasteiger partial charge on any atom is 0.251 e. The molecule has 6 nitrogen and oxygen atoms in total. The Morgan fingerprint density at radius 2 is 1.89 bits per heavy atom. The Bertz CT molecular complexity index is 1140. The van der Waals surface area contributed by atoms with Gasteiger partial charge in [-0.3, -0.25) is 9.48 Å². The predicted octanol–water partition coefficient (Wildman–Crippen LogP) is 3.78. The van der Waals surface area contributed by atoms with Gasteiger partial charge in [0.25, 0.3) is 5.91 Å². The first-order valence-electron chi connectivity index (χ1n) is 8.99. The number of nitrogens with zero attached hydrogens (tertiary/aromatic N) is 4. The number of fused-ring (bicyclic) bond motifs is 1. The number of imidazole rings is 1. The molecule has 0 saturated heterocycles. The number of aryl methyl sites for hydroxylation is 2. The fraction of sp³-hybridized carbons (Fsp3) is 0.190. The number of carbonyl (C=O) groups excluding carboxylic acids is 1. The van der Waals surface area contributed by atoms with E-state index in [1.54, 1.807) is 12.3 Å². The Morgan fingerprint density at radius 3 is 2.61 bits per heavy atom. The second kappa shape index (κ2) is 7.48. The summed E-state index contributed by atoms with van der Waals surface area (Å²) in [5.41, 5.74) is 5.40. The first-order chi connectivity index (χ1) is 13.5. The SMILES string of the molecule is Cc1cc(C)n(Cc2ccc(C(=O)NCc3cn4cc(Cl)ccc4n3)cc2)n1. The smallest absolute Gasteiger partial charge is 0.251 e. The molecule has 7 heteroatoms. The van der Waals surface area contributed by atoms with Gasteiger partial charge in [0.05, 0.1) is 29.5 Å². The van der Waals surface area contributed by atoms with Crippen molar-refractivity contribution in [1.82, 2.24) is 24.5 Å². The molecule has 1 aromatic carbocycles. The average molecular weight is 394 g/mol. The van der Waals surface area contributed by atoms with Gasteiger partial charge in [-0.05, 0) is 49.7 Å². The highest BCUT2D eigenvalue weighted by Crippen LogP contribution is 2.12. The molecule has 142 valence electrons. The van der Waals surface area contributed by atoms with Gasteiger partial charge < -0.3 is 9.72 Å². The number of hydrogen-bond donors (Lipinski definition) is 1. The highest BCUT2D eigenvalue weighted by atomic mass is 35.5. The Hall–Kier alpha value is -3.12. The molecule has 0 unspecified atom stereocenters. The number of hydrogen-bond acceptors (Lipinski definition) is 3. The van der Waals surface area contributed by atoms with Crippen molar-refractivity contribution >= 4 is 23.2 Å². The maximum atomic E-state index is 12.4. The van der Waals surface area contributed by atoms with Gasteiger partial charge in [0, 0.05) is 23.7 Å². The van der Waals surface area contributed by atoms with E-state index in [2.05, 4.69) is 21.5 Å². The molecule has 0 aliphatic heterocycles. The van der Waals surface area contributed by atoms with Crippen LogP contribution in [0.15, 0.2) is 54.9 Å². The lowest BCUT2D eigenvalue weighted by Crippen LogP contribution is -2.22. The van der Waals surface area contributed by atoms with Crippen LogP contribution in [0.2, 0.25) is 5.02 Å². The summed E-state index contributed by atoms with van der Waals surface area (Å²) in [4.78, 5) is 16.9. The van der Waals surface area contributed by atoms with Gasteiger partial charge in [-0.1, -0.05) is 23.7 Å². The lowest BCUT2D eigenvalue weighted by atomic mass is 10.1. The Balaban J connectivity index is 1.39. The van der Waals surface area contributed by atoms with Crippen molar-refractivity contribution in [1.29, 1.82) is 0 Å². The van der Waals surface area contributed by atoms with Crippen molar-refractivity contribution in [3.8, 4) is 0 Å². The fourth-order valence-electron chi connectivity index (χ4n) is 3.14. The number of benzene rings is 1. The highest BCUT2D eigenvalue weighted by molar-refractivity contribution is 6.30. The molecule has 0 atom stereocenters. The number of aromatic nitrogens is 4. The van der Waals surface area contributed by atoms with Gasteiger partial charge in [0.15, 0.2) is 0 Å². The van der Waals surface area contributed by atoms with E-state index >= 15 is 0 Å². The molecular formula is C21H20ClN5O. The summed E-state index contributed by atoms with van der Waals surface area (Å²) in [6.07, 6.45) is 3.65. The molecule has 28 heavy (non-hydrogen) atoms. The summed E-state index contributed by atoms with van der Waals surface area (Å²) >= 11 is 5.99. The van der Waals surface area contributed by atoms with Crippen LogP contribution < -0.4 is 5.32 Å². The van der Waals surface area contributed by atoms with Crippen LogP contribution in [0.25, 0.3) is 5.65 Å². The summed E-state index contributed by atoms with van der Waals surface area (Å²) in [7, 11) is 0. The summed E-state index contributed by atoms with van der Waals surface area (Å²) in [6.45, 7) is 5.06. The van der Waals surface area contributed by atoms with Crippen molar-refractivity contribution in [3.63, 3.8) is 0 Å². The van der Waals surface area contributed by atoms with Crippen LogP contribution in [0.4, 0.5) is 0 Å². The molecule has 3 heterocycles. The van der Waals surface area contributed by atoms with E-state index in [1.165, 1.54) is 0 Å². The third-order valence-electron chi connectivity index (χ3n) is 4.55. The van der Waals surface area contributed by atoms with Crippen molar-refractivity contribution < 1.29 is 4.79 Å². The first kappa shape index (κ1) is 18.3. The van der Waals surface area contributed by atoms with Gasteiger partial charge in [-0.15, -0.1) is 0 Å². The van der Waals surface area contributed by atoms with Gasteiger partial charge in [-0.25, -0.2) is 4.98 Å². The molecule has 1 N–H and O–H groups in total. The van der Waals surface area contributed by atoms with E-state index in [4.69, 9.17) is 11.6 Å². The molecule has 0 bridgehead atoms. The number of amides is 1. The molecule has 0 fully saturated rings. The zero-order valence-corrected chi connectivity index (χ0v) is 16.4. The number of pyridine rings is 1. The molecule has 0 aliphatic carbocycles. The molecule has 4 aromatic rings. The summed E-state index contributed by atoms with van der Waals surface area (Å²) in [6, 6.07) is 13.3. The summed E-state index contributed by atoms with van der Waals surface area (Å²) < 4.78 is 3.80. The zero-order valence-electron chi connectivity index (χ0n) is 15.7.